The second kappa shape index (κ2) is 9.72. The molecule has 1 saturated heterocycles. The van der Waals surface area contributed by atoms with Crippen LogP contribution in [0.4, 0.5) is 0 Å². The van der Waals surface area contributed by atoms with Gasteiger partial charge in [0.15, 0.2) is 11.2 Å². The highest BCUT2D eigenvalue weighted by atomic mass is 35.5. The molecule has 0 aliphatic carbocycles. The Morgan fingerprint density at radius 1 is 0.806 bits per heavy atom. The third kappa shape index (κ3) is 4.34. The Bertz CT molecular complexity index is 1550. The SMILES string of the molecule is O=c1c2ncn(-c3ccccc3)c2nc(-c2ccc(CN3CCCCC3)cc2)n1-c1ccc(Cl)cc1. The Labute approximate surface area is 214 Å². The van der Waals surface area contributed by atoms with Crippen LogP contribution in [0.5, 0.6) is 0 Å². The Hall–Kier alpha value is -3.74. The van der Waals surface area contributed by atoms with E-state index in [2.05, 4.69) is 34.1 Å². The normalized spacial score (nSPS) is 14.4. The summed E-state index contributed by atoms with van der Waals surface area (Å²) in [4.78, 5) is 25.7. The maximum Gasteiger partial charge on any atom is 0.286 e. The molecule has 0 atom stereocenters. The Morgan fingerprint density at radius 2 is 1.53 bits per heavy atom. The molecule has 1 fully saturated rings. The number of halogens is 1. The van der Waals surface area contributed by atoms with Gasteiger partial charge in [-0.2, -0.15) is 0 Å². The Morgan fingerprint density at radius 3 is 2.25 bits per heavy atom. The van der Waals surface area contributed by atoms with Gasteiger partial charge in [0.2, 0.25) is 0 Å². The topological polar surface area (TPSA) is 56.0 Å². The molecule has 6 nitrogen and oxygen atoms in total. The molecule has 5 aromatic rings. The van der Waals surface area contributed by atoms with Crippen molar-refractivity contribution in [1.29, 1.82) is 0 Å². The fourth-order valence-electron chi connectivity index (χ4n) is 4.89. The van der Waals surface area contributed by atoms with Crippen LogP contribution in [-0.2, 0) is 6.54 Å². The summed E-state index contributed by atoms with van der Waals surface area (Å²) in [5, 5.41) is 0.609. The highest BCUT2D eigenvalue weighted by Gasteiger charge is 2.19. The highest BCUT2D eigenvalue weighted by molar-refractivity contribution is 6.30. The van der Waals surface area contributed by atoms with Crippen LogP contribution in [0, 0.1) is 0 Å². The maximum atomic E-state index is 13.8. The first-order chi connectivity index (χ1) is 17.7. The van der Waals surface area contributed by atoms with E-state index in [4.69, 9.17) is 16.6 Å². The van der Waals surface area contributed by atoms with Crippen LogP contribution < -0.4 is 5.56 Å². The number of hydrogen-bond donors (Lipinski definition) is 0. The van der Waals surface area contributed by atoms with Crippen LogP contribution in [0.2, 0.25) is 5.02 Å². The van der Waals surface area contributed by atoms with Crippen LogP contribution in [0.1, 0.15) is 24.8 Å². The van der Waals surface area contributed by atoms with Gasteiger partial charge in [0, 0.05) is 22.8 Å². The molecular weight excluding hydrogens is 470 g/mol. The van der Waals surface area contributed by atoms with Crippen molar-refractivity contribution >= 4 is 22.8 Å². The zero-order valence-electron chi connectivity index (χ0n) is 19.8. The summed E-state index contributed by atoms with van der Waals surface area (Å²) < 4.78 is 3.48. The first-order valence-corrected chi connectivity index (χ1v) is 12.7. The van der Waals surface area contributed by atoms with Crippen molar-refractivity contribution in [3.05, 3.63) is 106 Å². The molecule has 0 radical (unpaired) electrons. The molecule has 1 aliphatic heterocycles. The van der Waals surface area contributed by atoms with Gasteiger partial charge in [-0.1, -0.05) is 60.5 Å². The molecule has 2 aromatic heterocycles. The van der Waals surface area contributed by atoms with Crippen molar-refractivity contribution < 1.29 is 0 Å². The summed E-state index contributed by atoms with van der Waals surface area (Å²) in [5.74, 6) is 0.567. The number of likely N-dealkylation sites (tertiary alicyclic amines) is 1. The predicted octanol–water partition coefficient (Wildman–Crippen LogP) is 5.88. The summed E-state index contributed by atoms with van der Waals surface area (Å²) in [5.41, 5.74) is 4.36. The molecule has 3 heterocycles. The van der Waals surface area contributed by atoms with Crippen LogP contribution in [-0.4, -0.2) is 37.1 Å². The molecule has 36 heavy (non-hydrogen) atoms. The molecule has 3 aromatic carbocycles. The standard InChI is InChI=1S/C29H26ClN5O/c30-23-13-15-25(16-14-23)35-27(22-11-9-21(10-12-22)19-33-17-5-2-6-18-33)32-28-26(29(35)36)31-20-34(28)24-7-3-1-4-8-24/h1,3-4,7-16,20H,2,5-6,17-19H2. The van der Waals surface area contributed by atoms with Crippen LogP contribution >= 0.6 is 11.6 Å². The second-order valence-corrected chi connectivity index (χ2v) is 9.64. The number of fused-ring (bicyclic) bond motifs is 1. The summed E-state index contributed by atoms with van der Waals surface area (Å²) in [7, 11) is 0. The molecule has 180 valence electrons. The lowest BCUT2D eigenvalue weighted by molar-refractivity contribution is 0.221. The summed E-state index contributed by atoms with van der Waals surface area (Å²) >= 11 is 6.14. The number of rotatable bonds is 5. The summed E-state index contributed by atoms with van der Waals surface area (Å²) in [6.45, 7) is 3.25. The average molecular weight is 496 g/mol. The molecule has 1 aliphatic rings. The fraction of sp³-hybridized carbons (Fsp3) is 0.207. The first-order valence-electron chi connectivity index (χ1n) is 12.3. The highest BCUT2D eigenvalue weighted by Crippen LogP contribution is 2.25. The molecule has 0 N–H and O–H groups in total. The van der Waals surface area contributed by atoms with E-state index >= 15 is 0 Å². The van der Waals surface area contributed by atoms with E-state index in [-0.39, 0.29) is 5.56 Å². The van der Waals surface area contributed by atoms with Crippen molar-refractivity contribution in [3.8, 4) is 22.8 Å². The average Bonchev–Trinajstić information content (AvgIpc) is 3.35. The lowest BCUT2D eigenvalue weighted by atomic mass is 10.1. The van der Waals surface area contributed by atoms with Gasteiger partial charge in [-0.3, -0.25) is 18.8 Å². The van der Waals surface area contributed by atoms with Gasteiger partial charge in [0.05, 0.1) is 5.69 Å². The molecule has 0 bridgehead atoms. The smallest absolute Gasteiger partial charge is 0.286 e. The fourth-order valence-corrected chi connectivity index (χ4v) is 5.01. The molecule has 0 amide bonds. The van der Waals surface area contributed by atoms with Gasteiger partial charge in [0.25, 0.3) is 5.56 Å². The van der Waals surface area contributed by atoms with Gasteiger partial charge >= 0.3 is 0 Å². The molecule has 0 spiro atoms. The van der Waals surface area contributed by atoms with Crippen LogP contribution in [0.25, 0.3) is 33.9 Å². The van der Waals surface area contributed by atoms with Gasteiger partial charge in [-0.25, -0.2) is 9.97 Å². The lowest BCUT2D eigenvalue weighted by Gasteiger charge is -2.26. The van der Waals surface area contributed by atoms with Crippen molar-refractivity contribution in [2.45, 2.75) is 25.8 Å². The van der Waals surface area contributed by atoms with E-state index < -0.39 is 0 Å². The largest absolute Gasteiger partial charge is 0.299 e. The summed E-state index contributed by atoms with van der Waals surface area (Å²) in [6.07, 6.45) is 5.52. The quantitative estimate of drug-likeness (QED) is 0.305. The number of para-hydroxylation sites is 1. The van der Waals surface area contributed by atoms with Crippen molar-refractivity contribution in [3.63, 3.8) is 0 Å². The van der Waals surface area contributed by atoms with Crippen molar-refractivity contribution in [2.75, 3.05) is 13.1 Å². The lowest BCUT2D eigenvalue weighted by Crippen LogP contribution is -2.29. The number of nitrogens with zero attached hydrogens (tertiary/aromatic N) is 5. The van der Waals surface area contributed by atoms with E-state index in [9.17, 15) is 4.79 Å². The van der Waals surface area contributed by atoms with E-state index in [0.717, 1.165) is 30.9 Å². The minimum absolute atomic E-state index is 0.218. The Kier molecular flexibility index (Phi) is 6.13. The summed E-state index contributed by atoms with van der Waals surface area (Å²) in [6, 6.07) is 25.4. The van der Waals surface area contributed by atoms with Gasteiger partial charge < -0.3 is 0 Å². The predicted molar refractivity (Wildman–Crippen MR) is 144 cm³/mol. The Balaban J connectivity index is 1.49. The van der Waals surface area contributed by atoms with E-state index in [1.165, 1.54) is 24.8 Å². The minimum Gasteiger partial charge on any atom is -0.299 e. The van der Waals surface area contributed by atoms with E-state index in [1.807, 2.05) is 47.0 Å². The third-order valence-electron chi connectivity index (χ3n) is 6.76. The first kappa shape index (κ1) is 22.7. The number of aromatic nitrogens is 4. The van der Waals surface area contributed by atoms with Gasteiger partial charge in [-0.15, -0.1) is 0 Å². The second-order valence-electron chi connectivity index (χ2n) is 9.21. The molecule has 6 rings (SSSR count). The van der Waals surface area contributed by atoms with Crippen LogP contribution in [0.3, 0.4) is 0 Å². The molecule has 0 unspecified atom stereocenters. The number of piperidine rings is 1. The molecular formula is C29H26ClN5O. The van der Waals surface area contributed by atoms with Crippen molar-refractivity contribution in [1.82, 2.24) is 24.0 Å². The van der Waals surface area contributed by atoms with Gasteiger partial charge in [0.1, 0.15) is 12.2 Å². The maximum absolute atomic E-state index is 13.8. The van der Waals surface area contributed by atoms with Crippen molar-refractivity contribution in [2.24, 2.45) is 0 Å². The number of benzene rings is 3. The zero-order chi connectivity index (χ0) is 24.5. The van der Waals surface area contributed by atoms with Crippen LogP contribution in [0.15, 0.2) is 90.0 Å². The third-order valence-corrected chi connectivity index (χ3v) is 7.01. The molecule has 7 heteroatoms. The monoisotopic (exact) mass is 495 g/mol. The van der Waals surface area contributed by atoms with E-state index in [0.29, 0.717) is 27.7 Å². The number of imidazole rings is 1. The zero-order valence-corrected chi connectivity index (χ0v) is 20.6. The van der Waals surface area contributed by atoms with E-state index in [1.54, 1.807) is 23.0 Å². The molecule has 0 saturated carbocycles. The number of hydrogen-bond acceptors (Lipinski definition) is 4. The minimum atomic E-state index is -0.218. The van der Waals surface area contributed by atoms with Gasteiger partial charge in [-0.05, 0) is 67.9 Å².